The smallest absolute Gasteiger partial charge is 0.340 e. The number of amides is 1. The van der Waals surface area contributed by atoms with Crippen LogP contribution in [0.3, 0.4) is 0 Å². The minimum Gasteiger partial charge on any atom is -0.493 e. The van der Waals surface area contributed by atoms with E-state index in [0.29, 0.717) is 28.8 Å². The number of benzene rings is 2. The zero-order valence-electron chi connectivity index (χ0n) is 14.0. The minimum atomic E-state index is -4.11. The molecule has 3 rings (SSSR count). The predicted molar refractivity (Wildman–Crippen MR) is 98.5 cm³/mol. The molecule has 2 aromatic rings. The van der Waals surface area contributed by atoms with Gasteiger partial charge in [-0.1, -0.05) is 0 Å². The van der Waals surface area contributed by atoms with Gasteiger partial charge in [0.25, 0.3) is 0 Å². The normalized spacial score (nSPS) is 13.6. The summed E-state index contributed by atoms with van der Waals surface area (Å²) in [5.74, 6) is 0.767. The van der Waals surface area contributed by atoms with Crippen molar-refractivity contribution in [2.24, 2.45) is 0 Å². The van der Waals surface area contributed by atoms with E-state index < -0.39 is 10.1 Å². The quantitative estimate of drug-likeness (QED) is 0.716. The fourth-order valence-corrected chi connectivity index (χ4v) is 4.52. The fraction of sp³-hybridized carbons (Fsp3) is 0.235. The first-order chi connectivity index (χ1) is 12.3. The Morgan fingerprint density at radius 3 is 2.42 bits per heavy atom. The van der Waals surface area contributed by atoms with Gasteiger partial charge in [-0.05, 0) is 52.2 Å². The average Bonchev–Trinajstić information content (AvgIpc) is 2.61. The Labute approximate surface area is 159 Å². The van der Waals surface area contributed by atoms with Gasteiger partial charge >= 0.3 is 10.1 Å². The molecule has 0 aromatic heterocycles. The highest BCUT2D eigenvalue weighted by Crippen LogP contribution is 2.37. The number of carbonyl (C=O) groups excluding carboxylic acids is 1. The number of methoxy groups -OCH3 is 2. The molecular weight excluding hydrogens is 426 g/mol. The summed E-state index contributed by atoms with van der Waals surface area (Å²) < 4.78 is 41.2. The molecule has 0 saturated heterocycles. The first kappa shape index (κ1) is 18.5. The number of carbonyl (C=O) groups is 1. The molecule has 0 saturated carbocycles. The summed E-state index contributed by atoms with van der Waals surface area (Å²) in [5, 5.41) is 2.74. The zero-order valence-corrected chi connectivity index (χ0v) is 16.4. The standard InChI is InChI=1S/C17H16BrNO6S/c1-23-14-8-12(18)16(9-15(14)24-2)26(21,22)25-11-4-5-13-10(7-11)3-6-17(20)19-13/h4-5,7-9H,3,6H2,1-2H3,(H,19,20). The molecule has 1 aliphatic rings. The van der Waals surface area contributed by atoms with Crippen LogP contribution in [0.5, 0.6) is 17.2 Å². The number of rotatable bonds is 5. The van der Waals surface area contributed by atoms with Crippen molar-refractivity contribution in [2.75, 3.05) is 19.5 Å². The van der Waals surface area contributed by atoms with E-state index in [9.17, 15) is 13.2 Å². The monoisotopic (exact) mass is 441 g/mol. The van der Waals surface area contributed by atoms with Crippen LogP contribution < -0.4 is 19.0 Å². The van der Waals surface area contributed by atoms with Crippen molar-refractivity contribution in [3.8, 4) is 17.2 Å². The lowest BCUT2D eigenvalue weighted by Crippen LogP contribution is -2.19. The summed E-state index contributed by atoms with van der Waals surface area (Å²) in [6.07, 6.45) is 0.878. The van der Waals surface area contributed by atoms with Crippen molar-refractivity contribution in [1.82, 2.24) is 0 Å². The van der Waals surface area contributed by atoms with Crippen LogP contribution in [-0.2, 0) is 21.3 Å². The van der Waals surface area contributed by atoms with Crippen LogP contribution in [0.1, 0.15) is 12.0 Å². The van der Waals surface area contributed by atoms with Crippen molar-refractivity contribution in [1.29, 1.82) is 0 Å². The molecule has 1 N–H and O–H groups in total. The Morgan fingerprint density at radius 1 is 1.04 bits per heavy atom. The predicted octanol–water partition coefficient (Wildman–Crippen LogP) is 3.12. The lowest BCUT2D eigenvalue weighted by atomic mass is 10.0. The van der Waals surface area contributed by atoms with E-state index in [0.717, 1.165) is 5.56 Å². The van der Waals surface area contributed by atoms with Crippen molar-refractivity contribution in [3.63, 3.8) is 0 Å². The van der Waals surface area contributed by atoms with Crippen LogP contribution in [-0.4, -0.2) is 28.5 Å². The van der Waals surface area contributed by atoms with Crippen LogP contribution in [0.2, 0.25) is 0 Å². The van der Waals surface area contributed by atoms with Gasteiger partial charge < -0.3 is 19.0 Å². The Morgan fingerprint density at radius 2 is 1.73 bits per heavy atom. The van der Waals surface area contributed by atoms with E-state index >= 15 is 0 Å². The van der Waals surface area contributed by atoms with E-state index in [2.05, 4.69) is 21.2 Å². The Hall–Kier alpha value is -2.26. The van der Waals surface area contributed by atoms with Gasteiger partial charge in [0.15, 0.2) is 11.5 Å². The molecule has 0 bridgehead atoms. The third kappa shape index (κ3) is 3.63. The number of aryl methyl sites for hydroxylation is 1. The Kier molecular flexibility index (Phi) is 5.10. The molecule has 0 unspecified atom stereocenters. The topological polar surface area (TPSA) is 90.9 Å². The summed E-state index contributed by atoms with van der Waals surface area (Å²) in [7, 11) is -1.23. The Bertz CT molecular complexity index is 973. The SMILES string of the molecule is COc1cc(Br)c(S(=O)(=O)Oc2ccc3c(c2)CCC(=O)N3)cc1OC. The van der Waals surface area contributed by atoms with Gasteiger partial charge in [0.1, 0.15) is 10.6 Å². The number of fused-ring (bicyclic) bond motifs is 1. The minimum absolute atomic E-state index is 0.0620. The van der Waals surface area contributed by atoms with Crippen molar-refractivity contribution >= 4 is 37.6 Å². The molecule has 2 aromatic carbocycles. The second kappa shape index (κ2) is 7.16. The first-order valence-electron chi connectivity index (χ1n) is 7.63. The molecule has 0 atom stereocenters. The second-order valence-electron chi connectivity index (χ2n) is 5.54. The number of anilines is 1. The maximum atomic E-state index is 12.7. The highest BCUT2D eigenvalue weighted by molar-refractivity contribution is 9.10. The number of hydrogen-bond donors (Lipinski definition) is 1. The highest BCUT2D eigenvalue weighted by atomic mass is 79.9. The van der Waals surface area contributed by atoms with Gasteiger partial charge in [0.2, 0.25) is 5.91 Å². The van der Waals surface area contributed by atoms with Crippen molar-refractivity contribution in [3.05, 3.63) is 40.4 Å². The third-order valence-electron chi connectivity index (χ3n) is 3.89. The van der Waals surface area contributed by atoms with Crippen LogP contribution in [0.25, 0.3) is 0 Å². The molecule has 1 amide bonds. The fourth-order valence-electron chi connectivity index (χ4n) is 2.61. The van der Waals surface area contributed by atoms with E-state index in [1.54, 1.807) is 12.1 Å². The number of nitrogens with one attached hydrogen (secondary N) is 1. The first-order valence-corrected chi connectivity index (χ1v) is 9.83. The summed E-state index contributed by atoms with van der Waals surface area (Å²) >= 11 is 3.22. The third-order valence-corrected chi connectivity index (χ3v) is 6.09. The number of hydrogen-bond acceptors (Lipinski definition) is 6. The van der Waals surface area contributed by atoms with Gasteiger partial charge in [0, 0.05) is 22.6 Å². The van der Waals surface area contributed by atoms with Gasteiger partial charge in [-0.15, -0.1) is 0 Å². The molecule has 0 aliphatic carbocycles. The lowest BCUT2D eigenvalue weighted by Gasteiger charge is -2.18. The lowest BCUT2D eigenvalue weighted by molar-refractivity contribution is -0.116. The van der Waals surface area contributed by atoms with E-state index in [4.69, 9.17) is 13.7 Å². The summed E-state index contributed by atoms with van der Waals surface area (Å²) in [5.41, 5.74) is 1.49. The van der Waals surface area contributed by atoms with Gasteiger partial charge in [-0.25, -0.2) is 0 Å². The van der Waals surface area contributed by atoms with Gasteiger partial charge in [0.05, 0.1) is 14.2 Å². The maximum Gasteiger partial charge on any atom is 0.340 e. The highest BCUT2D eigenvalue weighted by Gasteiger charge is 2.24. The maximum absolute atomic E-state index is 12.7. The molecule has 0 radical (unpaired) electrons. The summed E-state index contributed by atoms with van der Waals surface area (Å²) in [4.78, 5) is 11.3. The molecule has 9 heteroatoms. The summed E-state index contributed by atoms with van der Waals surface area (Å²) in [6, 6.07) is 7.56. The molecular formula is C17H16BrNO6S. The van der Waals surface area contributed by atoms with Crippen LogP contribution >= 0.6 is 15.9 Å². The largest absolute Gasteiger partial charge is 0.493 e. The van der Waals surface area contributed by atoms with Gasteiger partial charge in [-0.2, -0.15) is 8.42 Å². The molecule has 0 fully saturated rings. The zero-order chi connectivity index (χ0) is 18.9. The molecule has 0 spiro atoms. The van der Waals surface area contributed by atoms with Crippen molar-refractivity contribution in [2.45, 2.75) is 17.7 Å². The van der Waals surface area contributed by atoms with Crippen LogP contribution in [0.15, 0.2) is 39.7 Å². The van der Waals surface area contributed by atoms with Crippen LogP contribution in [0, 0.1) is 0 Å². The van der Waals surface area contributed by atoms with E-state index in [-0.39, 0.29) is 22.3 Å². The van der Waals surface area contributed by atoms with E-state index in [1.807, 2.05) is 0 Å². The van der Waals surface area contributed by atoms with Crippen molar-refractivity contribution < 1.29 is 26.9 Å². The molecule has 1 aliphatic heterocycles. The molecule has 26 heavy (non-hydrogen) atoms. The van der Waals surface area contributed by atoms with E-state index in [1.165, 1.54) is 32.4 Å². The Balaban J connectivity index is 1.94. The molecule has 7 nitrogen and oxygen atoms in total. The number of ether oxygens (including phenoxy) is 2. The second-order valence-corrected chi connectivity index (χ2v) is 7.91. The van der Waals surface area contributed by atoms with Crippen LogP contribution in [0.4, 0.5) is 5.69 Å². The summed E-state index contributed by atoms with van der Waals surface area (Å²) in [6.45, 7) is 0. The molecule has 138 valence electrons. The molecule has 1 heterocycles. The average molecular weight is 442 g/mol. The van der Waals surface area contributed by atoms with Gasteiger partial charge in [-0.3, -0.25) is 4.79 Å². The number of halogens is 1.